The predicted molar refractivity (Wildman–Crippen MR) is 76.0 cm³/mol. The molecule has 2 aliphatic rings. The molecule has 1 atom stereocenters. The van der Waals surface area contributed by atoms with E-state index < -0.39 is 0 Å². The standard InChI is InChI=1S/C16H22N2O/c19-16(11-14-7-4-8-17-14)18-15-9-13(10-15)12-5-2-1-3-6-12/h1-3,5-6,13-15,17H,4,7-11H2,(H,18,19). The minimum absolute atomic E-state index is 0.218. The van der Waals surface area contributed by atoms with Gasteiger partial charge in [-0.2, -0.15) is 0 Å². The van der Waals surface area contributed by atoms with Crippen LogP contribution in [0.3, 0.4) is 0 Å². The Morgan fingerprint density at radius 2 is 2.05 bits per heavy atom. The smallest absolute Gasteiger partial charge is 0.221 e. The molecule has 2 fully saturated rings. The topological polar surface area (TPSA) is 41.1 Å². The molecule has 1 heterocycles. The number of nitrogens with one attached hydrogen (secondary N) is 2. The summed E-state index contributed by atoms with van der Waals surface area (Å²) < 4.78 is 0. The largest absolute Gasteiger partial charge is 0.353 e. The maximum absolute atomic E-state index is 11.9. The summed E-state index contributed by atoms with van der Waals surface area (Å²) in [5.41, 5.74) is 1.41. The highest BCUT2D eigenvalue weighted by Gasteiger charge is 2.31. The van der Waals surface area contributed by atoms with Crippen LogP contribution in [0.2, 0.25) is 0 Å². The van der Waals surface area contributed by atoms with Crippen molar-refractivity contribution >= 4 is 5.91 Å². The fraction of sp³-hybridized carbons (Fsp3) is 0.562. The normalized spacial score (nSPS) is 29.8. The highest BCUT2D eigenvalue weighted by Crippen LogP contribution is 2.36. The summed E-state index contributed by atoms with van der Waals surface area (Å²) in [4.78, 5) is 11.9. The third kappa shape index (κ3) is 3.16. The number of rotatable bonds is 4. The second-order valence-electron chi connectivity index (χ2n) is 5.84. The van der Waals surface area contributed by atoms with Gasteiger partial charge in [-0.25, -0.2) is 0 Å². The van der Waals surface area contributed by atoms with E-state index in [0.29, 0.717) is 24.4 Å². The van der Waals surface area contributed by atoms with Crippen LogP contribution < -0.4 is 10.6 Å². The lowest BCUT2D eigenvalue weighted by molar-refractivity contribution is -0.122. The van der Waals surface area contributed by atoms with E-state index in [9.17, 15) is 4.79 Å². The first-order chi connectivity index (χ1) is 9.31. The average Bonchev–Trinajstić information content (AvgIpc) is 2.87. The van der Waals surface area contributed by atoms with E-state index in [1.807, 2.05) is 0 Å². The molecule has 1 saturated heterocycles. The van der Waals surface area contributed by atoms with Gasteiger partial charge >= 0.3 is 0 Å². The lowest BCUT2D eigenvalue weighted by atomic mass is 9.76. The van der Waals surface area contributed by atoms with E-state index in [0.717, 1.165) is 25.8 Å². The maximum atomic E-state index is 11.9. The molecule has 102 valence electrons. The molecule has 1 saturated carbocycles. The van der Waals surface area contributed by atoms with E-state index in [2.05, 4.69) is 41.0 Å². The molecular weight excluding hydrogens is 236 g/mol. The van der Waals surface area contributed by atoms with Crippen LogP contribution in [0.25, 0.3) is 0 Å². The van der Waals surface area contributed by atoms with E-state index in [4.69, 9.17) is 0 Å². The van der Waals surface area contributed by atoms with Crippen LogP contribution in [0.1, 0.15) is 43.6 Å². The van der Waals surface area contributed by atoms with Crippen LogP contribution in [-0.4, -0.2) is 24.5 Å². The third-order valence-corrected chi connectivity index (χ3v) is 4.37. The molecule has 1 unspecified atom stereocenters. The van der Waals surface area contributed by atoms with Gasteiger partial charge < -0.3 is 10.6 Å². The van der Waals surface area contributed by atoms with Gasteiger partial charge in [0.1, 0.15) is 0 Å². The second kappa shape index (κ2) is 5.74. The molecule has 0 spiro atoms. The van der Waals surface area contributed by atoms with Gasteiger partial charge in [0.05, 0.1) is 0 Å². The Morgan fingerprint density at radius 3 is 2.74 bits per heavy atom. The van der Waals surface area contributed by atoms with Crippen molar-refractivity contribution in [2.45, 2.75) is 50.1 Å². The Morgan fingerprint density at radius 1 is 1.26 bits per heavy atom. The molecule has 1 aliphatic carbocycles. The van der Waals surface area contributed by atoms with Crippen molar-refractivity contribution in [3.8, 4) is 0 Å². The molecule has 1 aromatic carbocycles. The highest BCUT2D eigenvalue weighted by molar-refractivity contribution is 5.77. The number of benzene rings is 1. The van der Waals surface area contributed by atoms with Crippen molar-refractivity contribution in [3.05, 3.63) is 35.9 Å². The van der Waals surface area contributed by atoms with E-state index in [1.54, 1.807) is 0 Å². The van der Waals surface area contributed by atoms with Crippen LogP contribution in [0.5, 0.6) is 0 Å². The van der Waals surface area contributed by atoms with Crippen molar-refractivity contribution in [2.24, 2.45) is 0 Å². The summed E-state index contributed by atoms with van der Waals surface area (Å²) in [5, 5.41) is 6.53. The van der Waals surface area contributed by atoms with Crippen LogP contribution >= 0.6 is 0 Å². The minimum Gasteiger partial charge on any atom is -0.353 e. The molecule has 3 rings (SSSR count). The number of carbonyl (C=O) groups is 1. The Kier molecular flexibility index (Phi) is 3.83. The van der Waals surface area contributed by atoms with Crippen LogP contribution in [0, 0.1) is 0 Å². The van der Waals surface area contributed by atoms with Crippen molar-refractivity contribution in [3.63, 3.8) is 0 Å². The monoisotopic (exact) mass is 258 g/mol. The number of carbonyl (C=O) groups excluding carboxylic acids is 1. The Balaban J connectivity index is 1.40. The van der Waals surface area contributed by atoms with Gasteiger partial charge in [0.25, 0.3) is 0 Å². The Hall–Kier alpha value is -1.35. The van der Waals surface area contributed by atoms with Gasteiger partial charge in [-0.3, -0.25) is 4.79 Å². The van der Waals surface area contributed by atoms with Gasteiger partial charge in [0.2, 0.25) is 5.91 Å². The van der Waals surface area contributed by atoms with Gasteiger partial charge in [-0.15, -0.1) is 0 Å². The molecule has 0 bridgehead atoms. The van der Waals surface area contributed by atoms with E-state index in [1.165, 1.54) is 12.0 Å². The molecule has 1 aliphatic heterocycles. The molecule has 1 aromatic rings. The summed E-state index contributed by atoms with van der Waals surface area (Å²) in [6.45, 7) is 1.07. The predicted octanol–water partition coefficient (Wildman–Crippen LogP) is 2.19. The molecule has 3 heteroatoms. The summed E-state index contributed by atoms with van der Waals surface area (Å²) in [6.07, 6.45) is 5.18. The molecule has 0 aromatic heterocycles. The van der Waals surface area contributed by atoms with Crippen LogP contribution in [-0.2, 0) is 4.79 Å². The average molecular weight is 258 g/mol. The zero-order chi connectivity index (χ0) is 13.1. The zero-order valence-corrected chi connectivity index (χ0v) is 11.3. The minimum atomic E-state index is 0.218. The summed E-state index contributed by atoms with van der Waals surface area (Å²) in [5.74, 6) is 0.854. The number of hydrogen-bond donors (Lipinski definition) is 2. The first-order valence-electron chi connectivity index (χ1n) is 7.39. The summed E-state index contributed by atoms with van der Waals surface area (Å²) in [7, 11) is 0. The van der Waals surface area contributed by atoms with Crippen molar-refractivity contribution in [1.82, 2.24) is 10.6 Å². The van der Waals surface area contributed by atoms with Gasteiger partial charge in [-0.05, 0) is 43.7 Å². The number of hydrogen-bond acceptors (Lipinski definition) is 2. The molecule has 19 heavy (non-hydrogen) atoms. The van der Waals surface area contributed by atoms with Gasteiger partial charge in [-0.1, -0.05) is 30.3 Å². The highest BCUT2D eigenvalue weighted by atomic mass is 16.1. The third-order valence-electron chi connectivity index (χ3n) is 4.37. The maximum Gasteiger partial charge on any atom is 0.221 e. The molecule has 1 amide bonds. The summed E-state index contributed by atoms with van der Waals surface area (Å²) >= 11 is 0. The fourth-order valence-corrected chi connectivity index (χ4v) is 3.17. The second-order valence-corrected chi connectivity index (χ2v) is 5.84. The SMILES string of the molecule is O=C(CC1CCCN1)NC1CC(c2ccccc2)C1. The van der Waals surface area contributed by atoms with E-state index >= 15 is 0 Å². The first kappa shape index (κ1) is 12.7. The fourth-order valence-electron chi connectivity index (χ4n) is 3.17. The Labute approximate surface area is 114 Å². The molecule has 3 nitrogen and oxygen atoms in total. The zero-order valence-electron chi connectivity index (χ0n) is 11.3. The quantitative estimate of drug-likeness (QED) is 0.869. The van der Waals surface area contributed by atoms with Crippen LogP contribution in [0.15, 0.2) is 30.3 Å². The van der Waals surface area contributed by atoms with Crippen molar-refractivity contribution in [2.75, 3.05) is 6.54 Å². The lowest BCUT2D eigenvalue weighted by Crippen LogP contribution is -2.44. The van der Waals surface area contributed by atoms with E-state index in [-0.39, 0.29) is 5.91 Å². The summed E-state index contributed by atoms with van der Waals surface area (Å²) in [6, 6.07) is 11.4. The van der Waals surface area contributed by atoms with Gasteiger partial charge in [0, 0.05) is 18.5 Å². The van der Waals surface area contributed by atoms with Crippen molar-refractivity contribution < 1.29 is 4.79 Å². The van der Waals surface area contributed by atoms with Crippen molar-refractivity contribution in [1.29, 1.82) is 0 Å². The Bertz CT molecular complexity index is 420. The number of amides is 1. The molecule has 2 N–H and O–H groups in total. The molecule has 0 radical (unpaired) electrons. The van der Waals surface area contributed by atoms with Crippen LogP contribution in [0.4, 0.5) is 0 Å². The molecular formula is C16H22N2O. The lowest BCUT2D eigenvalue weighted by Gasteiger charge is -2.36. The van der Waals surface area contributed by atoms with Gasteiger partial charge in [0.15, 0.2) is 0 Å². The first-order valence-corrected chi connectivity index (χ1v) is 7.39.